The van der Waals surface area contributed by atoms with Crippen LogP contribution < -0.4 is 14.8 Å². The topological polar surface area (TPSA) is 97.8 Å². The van der Waals surface area contributed by atoms with Crippen molar-refractivity contribution >= 4 is 23.2 Å². The molecular weight excluding hydrogens is 332 g/mol. The molecule has 24 heavy (non-hydrogen) atoms. The molecule has 0 unspecified atom stereocenters. The quantitative estimate of drug-likeness (QED) is 0.754. The van der Waals surface area contributed by atoms with Crippen molar-refractivity contribution in [1.29, 1.82) is 0 Å². The summed E-state index contributed by atoms with van der Waals surface area (Å²) in [6, 6.07) is 5.32. The monoisotopic (exact) mass is 350 g/mol. The normalized spacial score (nSPS) is 10.2. The first kappa shape index (κ1) is 17.7. The highest BCUT2D eigenvalue weighted by Gasteiger charge is 2.09. The lowest BCUT2D eigenvalue weighted by atomic mass is 10.2. The van der Waals surface area contributed by atoms with E-state index in [-0.39, 0.29) is 18.2 Å². The second-order valence-electron chi connectivity index (χ2n) is 4.95. The summed E-state index contributed by atoms with van der Waals surface area (Å²) in [5, 5.41) is 13.6. The number of amides is 1. The second kappa shape index (κ2) is 8.30. The fourth-order valence-electron chi connectivity index (χ4n) is 1.97. The third-order valence-electron chi connectivity index (χ3n) is 3.17. The molecule has 0 saturated heterocycles. The number of benzene rings is 1. The Morgan fingerprint density at radius 2 is 2.17 bits per heavy atom. The number of carboxylic acid groups (broad SMARTS) is 1. The van der Waals surface area contributed by atoms with E-state index in [0.29, 0.717) is 23.7 Å². The number of carboxylic acids is 1. The van der Waals surface area contributed by atoms with E-state index < -0.39 is 5.97 Å². The number of nitrogens with zero attached hydrogens (tertiary/aromatic N) is 1. The van der Waals surface area contributed by atoms with E-state index in [2.05, 4.69) is 10.3 Å². The van der Waals surface area contributed by atoms with Gasteiger partial charge in [-0.3, -0.25) is 4.79 Å². The summed E-state index contributed by atoms with van der Waals surface area (Å²) < 4.78 is 10.6. The number of thiazole rings is 1. The van der Waals surface area contributed by atoms with E-state index in [1.165, 1.54) is 16.7 Å². The summed E-state index contributed by atoms with van der Waals surface area (Å²) >= 11 is 1.26. The van der Waals surface area contributed by atoms with Crippen molar-refractivity contribution < 1.29 is 24.2 Å². The molecule has 0 saturated carbocycles. The van der Waals surface area contributed by atoms with Crippen LogP contribution in [-0.4, -0.2) is 42.2 Å². The molecule has 1 aromatic heterocycles. The number of ether oxygens (including phenoxy) is 2. The molecule has 1 heterocycles. The average molecular weight is 350 g/mol. The Morgan fingerprint density at radius 3 is 2.79 bits per heavy atom. The molecule has 1 aromatic carbocycles. The van der Waals surface area contributed by atoms with Gasteiger partial charge in [0.25, 0.3) is 5.91 Å². The van der Waals surface area contributed by atoms with Gasteiger partial charge >= 0.3 is 5.97 Å². The van der Waals surface area contributed by atoms with Crippen LogP contribution in [0.25, 0.3) is 0 Å². The lowest BCUT2D eigenvalue weighted by Gasteiger charge is -2.09. The van der Waals surface area contributed by atoms with Gasteiger partial charge in [0, 0.05) is 18.3 Å². The number of carbonyl (C=O) groups is 2. The van der Waals surface area contributed by atoms with Gasteiger partial charge in [0.1, 0.15) is 11.5 Å². The van der Waals surface area contributed by atoms with Crippen LogP contribution in [-0.2, 0) is 11.2 Å². The number of nitrogens with one attached hydrogen (secondary N) is 1. The van der Waals surface area contributed by atoms with Gasteiger partial charge < -0.3 is 19.9 Å². The molecule has 2 aromatic rings. The van der Waals surface area contributed by atoms with Crippen LogP contribution in [0.15, 0.2) is 23.6 Å². The largest absolute Gasteiger partial charge is 0.496 e. The molecule has 8 heteroatoms. The Labute approximate surface area is 143 Å². The van der Waals surface area contributed by atoms with Crippen LogP contribution in [0.4, 0.5) is 0 Å². The van der Waals surface area contributed by atoms with Crippen molar-refractivity contribution in [2.75, 3.05) is 20.3 Å². The maximum atomic E-state index is 11.8. The van der Waals surface area contributed by atoms with E-state index in [0.717, 1.165) is 11.3 Å². The molecule has 0 fully saturated rings. The zero-order chi connectivity index (χ0) is 17.5. The van der Waals surface area contributed by atoms with Crippen LogP contribution in [0.5, 0.6) is 11.5 Å². The Morgan fingerprint density at radius 1 is 1.38 bits per heavy atom. The number of aryl methyl sites for hydroxylation is 1. The van der Waals surface area contributed by atoms with Gasteiger partial charge in [-0.2, -0.15) is 0 Å². The molecule has 0 bridgehead atoms. The summed E-state index contributed by atoms with van der Waals surface area (Å²) in [7, 11) is 1.60. The van der Waals surface area contributed by atoms with Crippen LogP contribution in [0.2, 0.25) is 0 Å². The molecule has 7 nitrogen and oxygen atoms in total. The average Bonchev–Trinajstić information content (AvgIpc) is 3.02. The lowest BCUT2D eigenvalue weighted by Crippen LogP contribution is -2.30. The predicted molar refractivity (Wildman–Crippen MR) is 89.0 cm³/mol. The summed E-state index contributed by atoms with van der Waals surface area (Å²) in [5.41, 5.74) is 0.952. The molecule has 0 aliphatic rings. The number of hydrogen-bond donors (Lipinski definition) is 2. The van der Waals surface area contributed by atoms with Gasteiger partial charge in [-0.1, -0.05) is 0 Å². The number of methoxy groups -OCH3 is 1. The molecule has 2 N–H and O–H groups in total. The molecule has 0 aliphatic carbocycles. The zero-order valence-corrected chi connectivity index (χ0v) is 14.2. The molecule has 0 atom stereocenters. The fraction of sp³-hybridized carbons (Fsp3) is 0.312. The smallest absolute Gasteiger partial charge is 0.355 e. The number of carbonyl (C=O) groups excluding carboxylic acids is 1. The first-order valence-corrected chi connectivity index (χ1v) is 8.09. The standard InChI is InChI=1S/C16H18N2O5S/c1-10-7-11(3-4-13(10)22-2)23-8-14(19)17-6-5-15-18-12(9-24-15)16(20)21/h3-4,7,9H,5-6,8H2,1-2H3,(H,17,19)(H,20,21). The molecule has 0 spiro atoms. The van der Waals surface area contributed by atoms with Crippen LogP contribution >= 0.6 is 11.3 Å². The first-order chi connectivity index (χ1) is 11.5. The molecule has 128 valence electrons. The number of rotatable bonds is 8. The van der Waals surface area contributed by atoms with E-state index in [9.17, 15) is 9.59 Å². The minimum Gasteiger partial charge on any atom is -0.496 e. The third-order valence-corrected chi connectivity index (χ3v) is 4.08. The number of hydrogen-bond acceptors (Lipinski definition) is 6. The van der Waals surface area contributed by atoms with Gasteiger partial charge in [-0.15, -0.1) is 11.3 Å². The highest BCUT2D eigenvalue weighted by atomic mass is 32.1. The minimum absolute atomic E-state index is 0.0273. The highest BCUT2D eigenvalue weighted by molar-refractivity contribution is 7.09. The summed E-state index contributed by atoms with van der Waals surface area (Å²) in [5.74, 6) is 0.0497. The first-order valence-electron chi connectivity index (χ1n) is 7.21. The van der Waals surface area contributed by atoms with E-state index >= 15 is 0 Å². The van der Waals surface area contributed by atoms with E-state index in [1.807, 2.05) is 6.92 Å². The molecular formula is C16H18N2O5S. The van der Waals surface area contributed by atoms with Crippen molar-refractivity contribution in [2.45, 2.75) is 13.3 Å². The minimum atomic E-state index is -1.05. The molecule has 1 amide bonds. The fourth-order valence-corrected chi connectivity index (χ4v) is 2.75. The van der Waals surface area contributed by atoms with Crippen molar-refractivity contribution in [2.24, 2.45) is 0 Å². The summed E-state index contributed by atoms with van der Waals surface area (Å²) in [4.78, 5) is 26.4. The van der Waals surface area contributed by atoms with E-state index in [1.54, 1.807) is 25.3 Å². The Bertz CT molecular complexity index is 729. The molecule has 2 rings (SSSR count). The van der Waals surface area contributed by atoms with Gasteiger partial charge in [0.2, 0.25) is 0 Å². The SMILES string of the molecule is COc1ccc(OCC(=O)NCCc2nc(C(=O)O)cs2)cc1C. The van der Waals surface area contributed by atoms with E-state index in [4.69, 9.17) is 14.6 Å². The third kappa shape index (κ3) is 4.95. The summed E-state index contributed by atoms with van der Waals surface area (Å²) in [6.45, 7) is 2.17. The lowest BCUT2D eigenvalue weighted by molar-refractivity contribution is -0.123. The van der Waals surface area contributed by atoms with Gasteiger partial charge in [-0.25, -0.2) is 9.78 Å². The van der Waals surface area contributed by atoms with Gasteiger partial charge in [0.15, 0.2) is 12.3 Å². The number of aromatic carboxylic acids is 1. The Kier molecular flexibility index (Phi) is 6.14. The van der Waals surface area contributed by atoms with Crippen LogP contribution in [0, 0.1) is 6.92 Å². The maximum absolute atomic E-state index is 11.8. The molecule has 0 aliphatic heterocycles. The molecule has 0 radical (unpaired) electrons. The van der Waals surface area contributed by atoms with Crippen molar-refractivity contribution in [3.8, 4) is 11.5 Å². The zero-order valence-electron chi connectivity index (χ0n) is 13.4. The summed E-state index contributed by atoms with van der Waals surface area (Å²) in [6.07, 6.45) is 0.478. The van der Waals surface area contributed by atoms with Gasteiger partial charge in [0.05, 0.1) is 12.1 Å². The highest BCUT2D eigenvalue weighted by Crippen LogP contribution is 2.22. The van der Waals surface area contributed by atoms with Crippen LogP contribution in [0.1, 0.15) is 21.1 Å². The van der Waals surface area contributed by atoms with Crippen molar-refractivity contribution in [3.63, 3.8) is 0 Å². The van der Waals surface area contributed by atoms with Crippen LogP contribution in [0.3, 0.4) is 0 Å². The maximum Gasteiger partial charge on any atom is 0.355 e. The van der Waals surface area contributed by atoms with Crippen molar-refractivity contribution in [1.82, 2.24) is 10.3 Å². The predicted octanol–water partition coefficient (Wildman–Crippen LogP) is 1.90. The second-order valence-corrected chi connectivity index (χ2v) is 5.89. The van der Waals surface area contributed by atoms with Gasteiger partial charge in [-0.05, 0) is 30.7 Å². The number of aromatic nitrogens is 1. The Balaban J connectivity index is 1.73. The Hall–Kier alpha value is -2.61. The van der Waals surface area contributed by atoms with Crippen molar-refractivity contribution in [3.05, 3.63) is 39.8 Å².